The van der Waals surface area contributed by atoms with Gasteiger partial charge in [-0.15, -0.1) is 0 Å². The van der Waals surface area contributed by atoms with Crippen molar-refractivity contribution in [1.82, 2.24) is 9.97 Å². The van der Waals surface area contributed by atoms with Gasteiger partial charge in [0.25, 0.3) is 0 Å². The maximum Gasteiger partial charge on any atom is 0.338 e. The van der Waals surface area contributed by atoms with Crippen LogP contribution in [0.4, 0.5) is 5.95 Å². The number of fused-ring (bicyclic) bond motifs is 1. The molecule has 0 saturated heterocycles. The molecule has 0 amide bonds. The number of hydrogen-bond acceptors (Lipinski definition) is 4. The minimum absolute atomic E-state index is 0.336. The molecule has 2 N–H and O–H groups in total. The van der Waals surface area contributed by atoms with Crippen LogP contribution in [-0.2, 0) is 11.3 Å². The number of rotatable bonds is 5. The molecule has 0 bridgehead atoms. The summed E-state index contributed by atoms with van der Waals surface area (Å²) >= 11 is 5.97. The van der Waals surface area contributed by atoms with E-state index in [4.69, 9.17) is 16.3 Å². The summed E-state index contributed by atoms with van der Waals surface area (Å²) < 4.78 is 5.00. The number of nitrogens with one attached hydrogen (secondary N) is 2. The number of halogens is 1. The highest BCUT2D eigenvalue weighted by Gasteiger charge is 2.09. The lowest BCUT2D eigenvalue weighted by Gasteiger charge is -2.03. The second-order valence-corrected chi connectivity index (χ2v) is 5.46. The van der Waals surface area contributed by atoms with E-state index in [-0.39, 0.29) is 5.97 Å². The maximum atomic E-state index is 11.8. The average Bonchev–Trinajstić information content (AvgIpc) is 2.95. The molecule has 0 aliphatic heterocycles. The largest absolute Gasteiger partial charge is 0.462 e. The summed E-state index contributed by atoms with van der Waals surface area (Å²) in [5.41, 5.74) is 3.13. The van der Waals surface area contributed by atoms with Crippen LogP contribution in [0.2, 0.25) is 5.02 Å². The SMILES string of the molecule is CCOC(=O)c1ccc2nc(NCc3cccc(Cl)c3)[nH]c2c1. The summed E-state index contributed by atoms with van der Waals surface area (Å²) in [4.78, 5) is 19.4. The number of ether oxygens (including phenoxy) is 1. The Balaban J connectivity index is 1.76. The number of aromatic amines is 1. The smallest absolute Gasteiger partial charge is 0.338 e. The summed E-state index contributed by atoms with van der Waals surface area (Å²) in [5, 5.41) is 3.91. The molecule has 1 heterocycles. The molecule has 3 aromatic rings. The highest BCUT2D eigenvalue weighted by Crippen LogP contribution is 2.18. The van der Waals surface area contributed by atoms with E-state index in [0.717, 1.165) is 16.6 Å². The number of aromatic nitrogens is 2. The van der Waals surface area contributed by atoms with Gasteiger partial charge in [-0.2, -0.15) is 0 Å². The molecular formula is C17H16ClN3O2. The lowest BCUT2D eigenvalue weighted by molar-refractivity contribution is 0.0526. The van der Waals surface area contributed by atoms with Crippen molar-refractivity contribution >= 4 is 34.6 Å². The molecule has 5 nitrogen and oxygen atoms in total. The number of H-pyrrole nitrogens is 1. The lowest BCUT2D eigenvalue weighted by atomic mass is 10.2. The predicted octanol–water partition coefficient (Wildman–Crippen LogP) is 4.01. The van der Waals surface area contributed by atoms with Gasteiger partial charge in [0.05, 0.1) is 23.2 Å². The van der Waals surface area contributed by atoms with Crippen LogP contribution in [-0.4, -0.2) is 22.5 Å². The minimum Gasteiger partial charge on any atom is -0.462 e. The Bertz CT molecular complexity index is 845. The van der Waals surface area contributed by atoms with Gasteiger partial charge in [-0.25, -0.2) is 9.78 Å². The van der Waals surface area contributed by atoms with Crippen LogP contribution < -0.4 is 5.32 Å². The first-order chi connectivity index (χ1) is 11.2. The van der Waals surface area contributed by atoms with Crippen molar-refractivity contribution < 1.29 is 9.53 Å². The van der Waals surface area contributed by atoms with Gasteiger partial charge in [-0.05, 0) is 42.8 Å². The Kier molecular flexibility index (Phi) is 4.48. The van der Waals surface area contributed by atoms with E-state index in [1.807, 2.05) is 24.3 Å². The molecule has 23 heavy (non-hydrogen) atoms. The Hall–Kier alpha value is -2.53. The Morgan fingerprint density at radius 3 is 2.96 bits per heavy atom. The van der Waals surface area contributed by atoms with Gasteiger partial charge in [0.1, 0.15) is 0 Å². The zero-order chi connectivity index (χ0) is 16.2. The zero-order valence-corrected chi connectivity index (χ0v) is 13.4. The first-order valence-electron chi connectivity index (χ1n) is 7.31. The zero-order valence-electron chi connectivity index (χ0n) is 12.6. The molecule has 0 spiro atoms. The van der Waals surface area contributed by atoms with E-state index < -0.39 is 0 Å². The van der Waals surface area contributed by atoms with Gasteiger partial charge in [0.2, 0.25) is 5.95 Å². The molecule has 6 heteroatoms. The fourth-order valence-electron chi connectivity index (χ4n) is 2.27. The molecule has 0 aliphatic carbocycles. The normalized spacial score (nSPS) is 10.7. The Morgan fingerprint density at radius 2 is 2.17 bits per heavy atom. The summed E-state index contributed by atoms with van der Waals surface area (Å²) in [5.74, 6) is 0.304. The van der Waals surface area contributed by atoms with E-state index >= 15 is 0 Å². The van der Waals surface area contributed by atoms with Gasteiger partial charge < -0.3 is 15.0 Å². The average molecular weight is 330 g/mol. The van der Waals surface area contributed by atoms with Crippen LogP contribution in [0, 0.1) is 0 Å². The number of carbonyl (C=O) groups is 1. The summed E-state index contributed by atoms with van der Waals surface area (Å²) in [6.07, 6.45) is 0. The van der Waals surface area contributed by atoms with Gasteiger partial charge in [-0.1, -0.05) is 23.7 Å². The molecule has 0 saturated carbocycles. The maximum absolute atomic E-state index is 11.8. The predicted molar refractivity (Wildman–Crippen MR) is 90.8 cm³/mol. The Morgan fingerprint density at radius 1 is 1.30 bits per heavy atom. The van der Waals surface area contributed by atoms with Crippen LogP contribution in [0.25, 0.3) is 11.0 Å². The molecule has 1 aromatic heterocycles. The lowest BCUT2D eigenvalue weighted by Crippen LogP contribution is -2.04. The third-order valence-corrected chi connectivity index (χ3v) is 3.58. The van der Waals surface area contributed by atoms with Crippen LogP contribution in [0.1, 0.15) is 22.8 Å². The molecular weight excluding hydrogens is 314 g/mol. The van der Waals surface area contributed by atoms with E-state index in [0.29, 0.717) is 29.7 Å². The number of hydrogen-bond donors (Lipinski definition) is 2. The van der Waals surface area contributed by atoms with Crippen LogP contribution in [0.15, 0.2) is 42.5 Å². The van der Waals surface area contributed by atoms with Crippen molar-refractivity contribution in [2.24, 2.45) is 0 Å². The van der Waals surface area contributed by atoms with Gasteiger partial charge in [0.15, 0.2) is 0 Å². The van der Waals surface area contributed by atoms with Crippen molar-refractivity contribution in [3.63, 3.8) is 0 Å². The first-order valence-corrected chi connectivity index (χ1v) is 7.68. The fourth-order valence-corrected chi connectivity index (χ4v) is 2.48. The van der Waals surface area contributed by atoms with E-state index in [1.165, 1.54) is 0 Å². The van der Waals surface area contributed by atoms with Crippen molar-refractivity contribution in [3.05, 3.63) is 58.6 Å². The topological polar surface area (TPSA) is 67.0 Å². The van der Waals surface area contributed by atoms with E-state index in [2.05, 4.69) is 15.3 Å². The van der Waals surface area contributed by atoms with Crippen molar-refractivity contribution in [2.75, 3.05) is 11.9 Å². The molecule has 3 rings (SSSR count). The fraction of sp³-hybridized carbons (Fsp3) is 0.176. The number of carbonyl (C=O) groups excluding carboxylic acids is 1. The minimum atomic E-state index is -0.336. The van der Waals surface area contributed by atoms with E-state index in [1.54, 1.807) is 25.1 Å². The molecule has 2 aromatic carbocycles. The highest BCUT2D eigenvalue weighted by atomic mass is 35.5. The van der Waals surface area contributed by atoms with Crippen LogP contribution in [0.3, 0.4) is 0 Å². The summed E-state index contributed by atoms with van der Waals surface area (Å²) in [7, 11) is 0. The van der Waals surface area contributed by atoms with Crippen LogP contribution >= 0.6 is 11.6 Å². The molecule has 0 unspecified atom stereocenters. The van der Waals surface area contributed by atoms with Gasteiger partial charge in [-0.3, -0.25) is 0 Å². The second-order valence-electron chi connectivity index (χ2n) is 5.02. The third-order valence-electron chi connectivity index (χ3n) is 3.34. The molecule has 0 aliphatic rings. The number of benzene rings is 2. The summed E-state index contributed by atoms with van der Waals surface area (Å²) in [6, 6.07) is 12.9. The second kappa shape index (κ2) is 6.71. The van der Waals surface area contributed by atoms with Crippen molar-refractivity contribution in [1.29, 1.82) is 0 Å². The third kappa shape index (κ3) is 3.63. The summed E-state index contributed by atoms with van der Waals surface area (Å²) in [6.45, 7) is 2.74. The number of nitrogens with zero attached hydrogens (tertiary/aromatic N) is 1. The number of imidazole rings is 1. The van der Waals surface area contributed by atoms with Crippen LogP contribution in [0.5, 0.6) is 0 Å². The monoisotopic (exact) mass is 329 g/mol. The van der Waals surface area contributed by atoms with Crippen molar-refractivity contribution in [2.45, 2.75) is 13.5 Å². The van der Waals surface area contributed by atoms with Gasteiger partial charge in [0, 0.05) is 11.6 Å². The highest BCUT2D eigenvalue weighted by molar-refractivity contribution is 6.30. The van der Waals surface area contributed by atoms with Gasteiger partial charge >= 0.3 is 5.97 Å². The Labute approximate surface area is 138 Å². The standard InChI is InChI=1S/C17H16ClN3O2/c1-2-23-16(22)12-6-7-14-15(9-12)21-17(20-14)19-10-11-4-3-5-13(18)8-11/h3-9H,2,10H2,1H3,(H2,19,20,21). The number of esters is 1. The first kappa shape index (κ1) is 15.4. The molecule has 0 atom stereocenters. The molecule has 0 fully saturated rings. The molecule has 0 radical (unpaired) electrons. The molecule has 118 valence electrons. The van der Waals surface area contributed by atoms with E-state index in [9.17, 15) is 4.79 Å². The number of anilines is 1. The quantitative estimate of drug-likeness (QED) is 0.694. The van der Waals surface area contributed by atoms with Crippen molar-refractivity contribution in [3.8, 4) is 0 Å².